The Morgan fingerprint density at radius 2 is 1.86 bits per heavy atom. The maximum atomic E-state index is 9.10. The highest BCUT2D eigenvalue weighted by Gasteiger charge is 2.04. The molecule has 0 radical (unpaired) electrons. The Labute approximate surface area is 79.4 Å². The van der Waals surface area contributed by atoms with Crippen molar-refractivity contribution in [1.82, 2.24) is 9.97 Å². The summed E-state index contributed by atoms with van der Waals surface area (Å²) in [5.74, 6) is -2.85. The van der Waals surface area contributed by atoms with E-state index in [1.165, 1.54) is 0 Å². The Hall–Kier alpha value is -2.18. The molecule has 14 heavy (non-hydrogen) atoms. The molecule has 0 amide bonds. The van der Waals surface area contributed by atoms with E-state index in [-0.39, 0.29) is 0 Å². The molecule has 0 aliphatic rings. The standard InChI is InChI=1S/C5H7N3.C2H2O4/c1-6-5-4-7-2-3-8-5;3-1(4)2(5)6/h2-4H,1H3,(H,6,8);(H,3,4)(H,5,6). The molecule has 0 saturated carbocycles. The first-order valence-electron chi connectivity index (χ1n) is 3.48. The molecule has 1 rings (SSSR count). The summed E-state index contributed by atoms with van der Waals surface area (Å²) in [5, 5.41) is 17.6. The van der Waals surface area contributed by atoms with Crippen molar-refractivity contribution in [1.29, 1.82) is 0 Å². The van der Waals surface area contributed by atoms with Gasteiger partial charge in [0.05, 0.1) is 6.20 Å². The summed E-state index contributed by atoms with van der Waals surface area (Å²) in [5.41, 5.74) is 0. The molecule has 0 unspecified atom stereocenters. The first-order valence-corrected chi connectivity index (χ1v) is 3.48. The molecule has 7 nitrogen and oxygen atoms in total. The van der Waals surface area contributed by atoms with E-state index in [1.807, 2.05) is 7.05 Å². The predicted molar refractivity (Wildman–Crippen MR) is 46.9 cm³/mol. The van der Waals surface area contributed by atoms with Crippen molar-refractivity contribution in [3.63, 3.8) is 0 Å². The molecule has 0 aromatic carbocycles. The van der Waals surface area contributed by atoms with Gasteiger partial charge in [-0.2, -0.15) is 0 Å². The number of rotatable bonds is 1. The van der Waals surface area contributed by atoms with E-state index in [2.05, 4.69) is 15.3 Å². The summed E-state index contributed by atoms with van der Waals surface area (Å²) in [4.78, 5) is 26.0. The number of nitrogens with one attached hydrogen (secondary N) is 1. The van der Waals surface area contributed by atoms with Gasteiger partial charge in [0, 0.05) is 19.4 Å². The smallest absolute Gasteiger partial charge is 0.414 e. The van der Waals surface area contributed by atoms with Crippen LogP contribution in [0.25, 0.3) is 0 Å². The molecule has 1 aromatic rings. The highest BCUT2D eigenvalue weighted by atomic mass is 16.4. The Balaban J connectivity index is 0.000000255. The lowest BCUT2D eigenvalue weighted by molar-refractivity contribution is -0.159. The molecule has 0 atom stereocenters. The molecule has 0 aliphatic carbocycles. The fraction of sp³-hybridized carbons (Fsp3) is 0.143. The molecule has 0 aliphatic heterocycles. The zero-order chi connectivity index (χ0) is 11.0. The average Bonchev–Trinajstić information content (AvgIpc) is 2.20. The van der Waals surface area contributed by atoms with Crippen molar-refractivity contribution in [2.75, 3.05) is 12.4 Å². The van der Waals surface area contributed by atoms with Crippen LogP contribution in [0.4, 0.5) is 5.82 Å². The third-order valence-corrected chi connectivity index (χ3v) is 1.00. The molecular formula is C7H9N3O4. The highest BCUT2D eigenvalue weighted by molar-refractivity contribution is 6.27. The number of hydrogen-bond acceptors (Lipinski definition) is 5. The first kappa shape index (κ1) is 11.8. The zero-order valence-electron chi connectivity index (χ0n) is 7.34. The number of anilines is 1. The van der Waals surface area contributed by atoms with Gasteiger partial charge < -0.3 is 15.5 Å². The monoisotopic (exact) mass is 199 g/mol. The van der Waals surface area contributed by atoms with E-state index in [0.29, 0.717) is 0 Å². The molecule has 0 fully saturated rings. The van der Waals surface area contributed by atoms with E-state index < -0.39 is 11.9 Å². The van der Waals surface area contributed by atoms with Gasteiger partial charge in [-0.15, -0.1) is 0 Å². The van der Waals surface area contributed by atoms with Crippen molar-refractivity contribution in [3.8, 4) is 0 Å². The van der Waals surface area contributed by atoms with Crippen molar-refractivity contribution in [2.45, 2.75) is 0 Å². The molecule has 76 valence electrons. The number of nitrogens with zero attached hydrogens (tertiary/aromatic N) is 2. The Morgan fingerprint density at radius 3 is 2.07 bits per heavy atom. The van der Waals surface area contributed by atoms with E-state index in [4.69, 9.17) is 19.8 Å². The molecule has 7 heteroatoms. The Morgan fingerprint density at radius 1 is 1.29 bits per heavy atom. The first-order chi connectivity index (χ1) is 6.57. The van der Waals surface area contributed by atoms with E-state index >= 15 is 0 Å². The third kappa shape index (κ3) is 5.47. The Bertz CT molecular complexity index is 289. The summed E-state index contributed by atoms with van der Waals surface area (Å²) < 4.78 is 0. The molecule has 1 heterocycles. The van der Waals surface area contributed by atoms with Gasteiger partial charge in [-0.05, 0) is 0 Å². The van der Waals surface area contributed by atoms with Crippen LogP contribution in [-0.4, -0.2) is 39.2 Å². The summed E-state index contributed by atoms with van der Waals surface area (Å²) in [6.45, 7) is 0. The lowest BCUT2D eigenvalue weighted by atomic mass is 10.7. The van der Waals surface area contributed by atoms with Crippen LogP contribution in [0.5, 0.6) is 0 Å². The topological polar surface area (TPSA) is 112 Å². The van der Waals surface area contributed by atoms with E-state index in [0.717, 1.165) is 5.82 Å². The van der Waals surface area contributed by atoms with Gasteiger partial charge in [0.2, 0.25) is 0 Å². The number of aliphatic carboxylic acids is 2. The average molecular weight is 199 g/mol. The minimum absolute atomic E-state index is 0.799. The molecule has 0 spiro atoms. The van der Waals surface area contributed by atoms with Crippen LogP contribution in [0.3, 0.4) is 0 Å². The van der Waals surface area contributed by atoms with Gasteiger partial charge >= 0.3 is 11.9 Å². The lowest BCUT2D eigenvalue weighted by Gasteiger charge is -1.92. The van der Waals surface area contributed by atoms with E-state index in [1.54, 1.807) is 18.6 Å². The second-order valence-electron chi connectivity index (χ2n) is 1.95. The number of hydrogen-bond donors (Lipinski definition) is 3. The molecule has 1 aromatic heterocycles. The summed E-state index contributed by atoms with van der Waals surface area (Å²) in [6.07, 6.45) is 4.95. The number of aromatic nitrogens is 2. The maximum Gasteiger partial charge on any atom is 0.414 e. The molecule has 3 N–H and O–H groups in total. The fourth-order valence-corrected chi connectivity index (χ4v) is 0.428. The van der Waals surface area contributed by atoms with Crippen molar-refractivity contribution >= 4 is 17.8 Å². The second kappa shape index (κ2) is 6.35. The third-order valence-electron chi connectivity index (χ3n) is 1.00. The highest BCUT2D eigenvalue weighted by Crippen LogP contribution is 1.91. The largest absolute Gasteiger partial charge is 0.473 e. The van der Waals surface area contributed by atoms with Crippen molar-refractivity contribution in [3.05, 3.63) is 18.6 Å². The zero-order valence-corrected chi connectivity index (χ0v) is 7.34. The fourth-order valence-electron chi connectivity index (χ4n) is 0.428. The minimum atomic E-state index is -1.82. The SMILES string of the molecule is CNc1cnccn1.O=C(O)C(=O)O. The van der Waals surface area contributed by atoms with Gasteiger partial charge in [0.25, 0.3) is 0 Å². The molecule has 0 bridgehead atoms. The van der Waals surface area contributed by atoms with Crippen LogP contribution >= 0.6 is 0 Å². The number of carbonyl (C=O) groups is 2. The minimum Gasteiger partial charge on any atom is -0.473 e. The molecular weight excluding hydrogens is 190 g/mol. The molecule has 0 saturated heterocycles. The predicted octanol–water partition coefficient (Wildman–Crippen LogP) is -0.326. The van der Waals surface area contributed by atoms with E-state index in [9.17, 15) is 0 Å². The number of carboxylic acids is 2. The van der Waals surface area contributed by atoms with Crippen molar-refractivity contribution < 1.29 is 19.8 Å². The maximum absolute atomic E-state index is 9.10. The van der Waals surface area contributed by atoms with Gasteiger partial charge in [-0.1, -0.05) is 0 Å². The van der Waals surface area contributed by atoms with Crippen molar-refractivity contribution in [2.24, 2.45) is 0 Å². The van der Waals surface area contributed by atoms with Gasteiger partial charge in [-0.25, -0.2) is 14.6 Å². The number of carboxylic acid groups (broad SMARTS) is 2. The second-order valence-corrected chi connectivity index (χ2v) is 1.95. The van der Waals surface area contributed by atoms with Crippen LogP contribution in [0, 0.1) is 0 Å². The lowest BCUT2D eigenvalue weighted by Crippen LogP contribution is -2.09. The van der Waals surface area contributed by atoms with Crippen LogP contribution in [0.15, 0.2) is 18.6 Å². The van der Waals surface area contributed by atoms with Gasteiger partial charge in [-0.3, -0.25) is 4.98 Å². The summed E-state index contributed by atoms with van der Waals surface area (Å²) in [7, 11) is 1.81. The normalized spacial score (nSPS) is 8.07. The van der Waals surface area contributed by atoms with Crippen LogP contribution in [0.1, 0.15) is 0 Å². The Kier molecular flexibility index (Phi) is 5.36. The van der Waals surface area contributed by atoms with Crippen LogP contribution < -0.4 is 5.32 Å². The van der Waals surface area contributed by atoms with Gasteiger partial charge in [0.1, 0.15) is 5.82 Å². The van der Waals surface area contributed by atoms with Crippen LogP contribution in [-0.2, 0) is 9.59 Å². The quantitative estimate of drug-likeness (QED) is 0.531. The summed E-state index contributed by atoms with van der Waals surface area (Å²) in [6, 6.07) is 0. The van der Waals surface area contributed by atoms with Crippen LogP contribution in [0.2, 0.25) is 0 Å². The summed E-state index contributed by atoms with van der Waals surface area (Å²) >= 11 is 0. The van der Waals surface area contributed by atoms with Gasteiger partial charge in [0.15, 0.2) is 0 Å².